The van der Waals surface area contributed by atoms with Crippen molar-refractivity contribution in [2.75, 3.05) is 11.4 Å². The topological polar surface area (TPSA) is 111 Å². The molecule has 0 fully saturated rings. The number of halogens is 2. The first kappa shape index (κ1) is 25.1. The number of anilines is 1. The van der Waals surface area contributed by atoms with E-state index in [0.717, 1.165) is 12.1 Å². The third kappa shape index (κ3) is 4.72. The van der Waals surface area contributed by atoms with Crippen LogP contribution in [0.1, 0.15) is 33.5 Å². The van der Waals surface area contributed by atoms with Crippen molar-refractivity contribution in [3.63, 3.8) is 0 Å². The number of nitrogens with zero attached hydrogens (tertiary/aromatic N) is 6. The number of carbonyl (C=O) groups excluding carboxylic acids is 1. The maximum Gasteiger partial charge on any atom is 0.414 e. The van der Waals surface area contributed by atoms with Gasteiger partial charge >= 0.3 is 6.09 Å². The highest BCUT2D eigenvalue weighted by Gasteiger charge is 2.27. The summed E-state index contributed by atoms with van der Waals surface area (Å²) in [6, 6.07) is 8.16. The van der Waals surface area contributed by atoms with Gasteiger partial charge < -0.3 is 9.47 Å². The summed E-state index contributed by atoms with van der Waals surface area (Å²) >= 11 is 0. The normalized spacial score (nSPS) is 11.8. The van der Waals surface area contributed by atoms with E-state index in [4.69, 9.17) is 14.6 Å². The number of ether oxygens (including phenoxy) is 2. The van der Waals surface area contributed by atoms with Crippen molar-refractivity contribution in [3.8, 4) is 22.8 Å². The van der Waals surface area contributed by atoms with Crippen LogP contribution < -0.4 is 9.64 Å². The van der Waals surface area contributed by atoms with Gasteiger partial charge in [-0.3, -0.25) is 10.00 Å². The van der Waals surface area contributed by atoms with Gasteiger partial charge in [-0.05, 0) is 65.0 Å². The predicted molar refractivity (Wildman–Crippen MR) is 136 cm³/mol. The Labute approximate surface area is 216 Å². The summed E-state index contributed by atoms with van der Waals surface area (Å²) in [6.07, 6.45) is 1.04. The molecule has 0 aliphatic heterocycles. The Hall–Kier alpha value is -4.61. The molecule has 0 spiro atoms. The molecule has 0 saturated carbocycles. The monoisotopic (exact) mass is 521 g/mol. The van der Waals surface area contributed by atoms with Gasteiger partial charge in [0.05, 0.1) is 23.1 Å². The molecule has 0 bridgehead atoms. The number of aryl methyl sites for hydroxylation is 1. The zero-order valence-corrected chi connectivity index (χ0v) is 21.4. The molecule has 12 heteroatoms. The van der Waals surface area contributed by atoms with E-state index in [1.165, 1.54) is 15.5 Å². The van der Waals surface area contributed by atoms with Crippen LogP contribution in [0.15, 0.2) is 42.6 Å². The fraction of sp³-hybridized carbons (Fsp3) is 0.269. The van der Waals surface area contributed by atoms with Crippen LogP contribution in [0.4, 0.5) is 19.3 Å². The predicted octanol–water partition coefficient (Wildman–Crippen LogP) is 5.81. The van der Waals surface area contributed by atoms with Crippen molar-refractivity contribution in [1.29, 1.82) is 0 Å². The average Bonchev–Trinajstić information content (AvgIpc) is 3.45. The van der Waals surface area contributed by atoms with E-state index in [2.05, 4.69) is 20.4 Å². The summed E-state index contributed by atoms with van der Waals surface area (Å²) in [5, 5.41) is 20.7. The largest absolute Gasteiger partial charge is 0.454 e. The quantitative estimate of drug-likeness (QED) is 0.311. The Morgan fingerprint density at radius 1 is 1.11 bits per heavy atom. The SMILES string of the molecule is CCN(C(=O)OC(C)(C)C)c1cc(-c2cc3[nH]ncc3cc2Oc2ccc(F)cc2F)nn2c(C)nnc12. The number of carbonyl (C=O) groups is 1. The van der Waals surface area contributed by atoms with E-state index in [0.29, 0.717) is 39.3 Å². The average molecular weight is 522 g/mol. The molecule has 1 N–H and O–H groups in total. The zero-order chi connectivity index (χ0) is 27.2. The van der Waals surface area contributed by atoms with Crippen LogP contribution in [0.5, 0.6) is 11.5 Å². The van der Waals surface area contributed by atoms with Crippen molar-refractivity contribution in [2.24, 2.45) is 0 Å². The van der Waals surface area contributed by atoms with E-state index in [-0.39, 0.29) is 18.0 Å². The molecular weight excluding hydrogens is 496 g/mol. The minimum atomic E-state index is -0.857. The van der Waals surface area contributed by atoms with Crippen molar-refractivity contribution in [2.45, 2.75) is 40.2 Å². The maximum atomic E-state index is 14.5. The van der Waals surface area contributed by atoms with Crippen molar-refractivity contribution >= 4 is 28.3 Å². The molecule has 38 heavy (non-hydrogen) atoms. The second-order valence-corrected chi connectivity index (χ2v) is 9.60. The lowest BCUT2D eigenvalue weighted by Gasteiger charge is -2.27. The molecule has 1 amide bonds. The zero-order valence-electron chi connectivity index (χ0n) is 21.4. The lowest BCUT2D eigenvalue weighted by atomic mass is 10.1. The molecule has 5 rings (SSSR count). The van der Waals surface area contributed by atoms with Crippen LogP contribution >= 0.6 is 0 Å². The van der Waals surface area contributed by atoms with E-state index in [9.17, 15) is 13.6 Å². The molecule has 0 saturated heterocycles. The summed E-state index contributed by atoms with van der Waals surface area (Å²) in [5.74, 6) is -1.02. The molecular formula is C26H25F2N7O3. The van der Waals surface area contributed by atoms with Gasteiger partial charge in [-0.15, -0.1) is 10.2 Å². The van der Waals surface area contributed by atoms with Gasteiger partial charge in [-0.1, -0.05) is 0 Å². The second-order valence-electron chi connectivity index (χ2n) is 9.60. The van der Waals surface area contributed by atoms with Gasteiger partial charge in [0.2, 0.25) is 5.65 Å². The number of hydrogen-bond donors (Lipinski definition) is 1. The van der Waals surface area contributed by atoms with Gasteiger partial charge in [-0.2, -0.15) is 14.7 Å². The third-order valence-electron chi connectivity index (χ3n) is 5.66. The van der Waals surface area contributed by atoms with E-state index >= 15 is 0 Å². The number of hydrogen-bond acceptors (Lipinski definition) is 7. The number of nitrogens with one attached hydrogen (secondary N) is 1. The molecule has 196 valence electrons. The fourth-order valence-corrected chi connectivity index (χ4v) is 3.94. The molecule has 5 aromatic rings. The minimum absolute atomic E-state index is 0.166. The standard InChI is InChI=1S/C26H25F2N7O3/c1-6-34(25(36)38-26(3,4)5)21-12-20(33-35-14(2)30-32-24(21)35)17-11-19-15(13-29-31-19)9-23(17)37-22-8-7-16(27)10-18(22)28/h7-13H,6H2,1-5H3,(H,29,31). The number of fused-ring (bicyclic) bond motifs is 2. The third-order valence-corrected chi connectivity index (χ3v) is 5.66. The Kier molecular flexibility index (Phi) is 6.17. The number of aromatic nitrogens is 6. The van der Waals surface area contributed by atoms with Gasteiger partial charge in [-0.25, -0.2) is 13.6 Å². The Morgan fingerprint density at radius 2 is 1.89 bits per heavy atom. The minimum Gasteiger partial charge on any atom is -0.454 e. The van der Waals surface area contributed by atoms with Crippen molar-refractivity contribution in [1.82, 2.24) is 30.0 Å². The first-order valence-electron chi connectivity index (χ1n) is 11.9. The Bertz CT molecular complexity index is 1670. The number of H-pyrrole nitrogens is 1. The second kappa shape index (κ2) is 9.36. The van der Waals surface area contributed by atoms with Crippen LogP contribution in [0.25, 0.3) is 27.8 Å². The summed E-state index contributed by atoms with van der Waals surface area (Å²) < 4.78 is 41.1. The number of benzene rings is 2. The summed E-state index contributed by atoms with van der Waals surface area (Å²) in [5.41, 5.74) is 1.57. The lowest BCUT2D eigenvalue weighted by molar-refractivity contribution is 0.0582. The van der Waals surface area contributed by atoms with E-state index < -0.39 is 23.3 Å². The van der Waals surface area contributed by atoms with Crippen LogP contribution in [0, 0.1) is 18.6 Å². The molecule has 2 aromatic carbocycles. The Morgan fingerprint density at radius 3 is 2.61 bits per heavy atom. The molecule has 0 aliphatic carbocycles. The maximum absolute atomic E-state index is 14.5. The lowest BCUT2D eigenvalue weighted by Crippen LogP contribution is -2.37. The van der Waals surface area contributed by atoms with E-state index in [1.807, 2.05) is 6.92 Å². The fourth-order valence-electron chi connectivity index (χ4n) is 3.94. The molecule has 0 unspecified atom stereocenters. The molecule has 10 nitrogen and oxygen atoms in total. The highest BCUT2D eigenvalue weighted by Crippen LogP contribution is 2.38. The first-order chi connectivity index (χ1) is 18.0. The number of rotatable bonds is 5. The summed E-state index contributed by atoms with van der Waals surface area (Å²) in [6.45, 7) is 9.17. The van der Waals surface area contributed by atoms with Crippen LogP contribution in [0.3, 0.4) is 0 Å². The van der Waals surface area contributed by atoms with Gasteiger partial charge in [0, 0.05) is 23.6 Å². The van der Waals surface area contributed by atoms with Crippen LogP contribution in [-0.4, -0.2) is 48.2 Å². The molecule has 0 radical (unpaired) electrons. The molecule has 3 heterocycles. The highest BCUT2D eigenvalue weighted by atomic mass is 19.1. The number of aromatic amines is 1. The van der Waals surface area contributed by atoms with Gasteiger partial charge in [0.25, 0.3) is 0 Å². The molecule has 0 aliphatic rings. The van der Waals surface area contributed by atoms with Crippen molar-refractivity contribution < 1.29 is 23.0 Å². The van der Waals surface area contributed by atoms with Crippen LogP contribution in [-0.2, 0) is 4.74 Å². The first-order valence-corrected chi connectivity index (χ1v) is 11.9. The molecule has 3 aromatic heterocycles. The summed E-state index contributed by atoms with van der Waals surface area (Å²) in [4.78, 5) is 14.6. The Balaban J connectivity index is 1.70. The van der Waals surface area contributed by atoms with Gasteiger partial charge in [0.15, 0.2) is 17.4 Å². The van der Waals surface area contributed by atoms with Gasteiger partial charge in [0.1, 0.15) is 17.2 Å². The summed E-state index contributed by atoms with van der Waals surface area (Å²) in [7, 11) is 0. The number of amides is 1. The van der Waals surface area contributed by atoms with E-state index in [1.54, 1.807) is 52.1 Å². The molecule has 0 atom stereocenters. The van der Waals surface area contributed by atoms with Crippen molar-refractivity contribution in [3.05, 3.63) is 60.1 Å². The smallest absolute Gasteiger partial charge is 0.414 e. The van der Waals surface area contributed by atoms with Crippen LogP contribution in [0.2, 0.25) is 0 Å². The highest BCUT2D eigenvalue weighted by molar-refractivity contribution is 5.94.